The zero-order valence-corrected chi connectivity index (χ0v) is 9.48. The zero-order valence-electron chi connectivity index (χ0n) is 8.66. The van der Waals surface area contributed by atoms with E-state index in [1.165, 1.54) is 0 Å². The Kier molecular flexibility index (Phi) is 2.07. The van der Waals surface area contributed by atoms with Crippen molar-refractivity contribution in [1.82, 2.24) is 9.78 Å². The van der Waals surface area contributed by atoms with Crippen LogP contribution in [-0.2, 0) is 17.0 Å². The van der Waals surface area contributed by atoms with Gasteiger partial charge in [-0.1, -0.05) is 0 Å². The van der Waals surface area contributed by atoms with Gasteiger partial charge in [-0.05, 0) is 20.8 Å². The van der Waals surface area contributed by atoms with Crippen molar-refractivity contribution in [1.29, 1.82) is 5.26 Å². The summed E-state index contributed by atoms with van der Waals surface area (Å²) in [6.45, 7) is 6.22. The molecule has 2 heterocycles. The first-order valence-electron chi connectivity index (χ1n) is 4.63. The summed E-state index contributed by atoms with van der Waals surface area (Å²) < 4.78 is 1.86. The zero-order chi connectivity index (χ0) is 10.3. The quantitative estimate of drug-likeness (QED) is 0.655. The second-order valence-corrected chi connectivity index (χ2v) is 5.45. The van der Waals surface area contributed by atoms with E-state index >= 15 is 0 Å². The molecule has 0 spiro atoms. The molecule has 0 N–H and O–H groups in total. The van der Waals surface area contributed by atoms with Gasteiger partial charge < -0.3 is 0 Å². The number of hydrogen-bond acceptors (Lipinski definition) is 3. The molecule has 0 saturated heterocycles. The molecule has 4 heteroatoms. The van der Waals surface area contributed by atoms with E-state index in [1.54, 1.807) is 0 Å². The van der Waals surface area contributed by atoms with Gasteiger partial charge in [0.1, 0.15) is 11.8 Å². The van der Waals surface area contributed by atoms with Gasteiger partial charge >= 0.3 is 0 Å². The van der Waals surface area contributed by atoms with E-state index in [0.29, 0.717) is 0 Å². The van der Waals surface area contributed by atoms with Crippen molar-refractivity contribution in [3.8, 4) is 6.07 Å². The van der Waals surface area contributed by atoms with Crippen LogP contribution in [0.5, 0.6) is 0 Å². The molecule has 0 fully saturated rings. The standard InChI is InChI=1S/C10H13N3S/c1-10(2,3)13-9(4-11)7-5-14-6-8(7)12-13/h5-6H2,1-3H3. The van der Waals surface area contributed by atoms with Gasteiger partial charge in [-0.2, -0.15) is 22.1 Å². The molecule has 0 amide bonds. The van der Waals surface area contributed by atoms with Crippen LogP contribution >= 0.6 is 11.8 Å². The minimum Gasteiger partial charge on any atom is -0.249 e. The fourth-order valence-electron chi connectivity index (χ4n) is 1.61. The Morgan fingerprint density at radius 2 is 2.14 bits per heavy atom. The van der Waals surface area contributed by atoms with Crippen LogP contribution in [0.1, 0.15) is 37.7 Å². The molecule has 0 aliphatic carbocycles. The van der Waals surface area contributed by atoms with Gasteiger partial charge in [0.25, 0.3) is 0 Å². The molecule has 0 bridgehead atoms. The molecule has 1 aromatic heterocycles. The Balaban J connectivity index is 2.59. The second-order valence-electron chi connectivity index (χ2n) is 4.46. The van der Waals surface area contributed by atoms with E-state index in [0.717, 1.165) is 28.5 Å². The van der Waals surface area contributed by atoms with Crippen molar-refractivity contribution < 1.29 is 0 Å². The fourth-order valence-corrected chi connectivity index (χ4v) is 2.65. The lowest BCUT2D eigenvalue weighted by atomic mass is 10.1. The maximum absolute atomic E-state index is 9.11. The number of hydrogen-bond donors (Lipinski definition) is 0. The highest BCUT2D eigenvalue weighted by atomic mass is 32.2. The summed E-state index contributed by atoms with van der Waals surface area (Å²) in [5.41, 5.74) is 2.89. The maximum Gasteiger partial charge on any atom is 0.143 e. The molecule has 0 atom stereocenters. The van der Waals surface area contributed by atoms with Gasteiger partial charge in [-0.25, -0.2) is 4.68 Å². The molecule has 74 valence electrons. The number of nitrogens with zero attached hydrogens (tertiary/aromatic N) is 3. The van der Waals surface area contributed by atoms with Gasteiger partial charge in [0.15, 0.2) is 0 Å². The van der Waals surface area contributed by atoms with Gasteiger partial charge in [0.05, 0.1) is 11.2 Å². The van der Waals surface area contributed by atoms with Crippen LogP contribution in [0.25, 0.3) is 0 Å². The van der Waals surface area contributed by atoms with Crippen molar-refractivity contribution in [3.05, 3.63) is 17.0 Å². The monoisotopic (exact) mass is 207 g/mol. The number of thioether (sulfide) groups is 1. The molecule has 1 aliphatic heterocycles. The predicted octanol–water partition coefficient (Wildman–Crippen LogP) is 2.26. The predicted molar refractivity (Wildman–Crippen MR) is 56.9 cm³/mol. The summed E-state index contributed by atoms with van der Waals surface area (Å²) in [6, 6.07) is 2.27. The van der Waals surface area contributed by atoms with Gasteiger partial charge in [-0.3, -0.25) is 0 Å². The third-order valence-electron chi connectivity index (χ3n) is 2.29. The number of nitriles is 1. The molecular weight excluding hydrogens is 194 g/mol. The van der Waals surface area contributed by atoms with Crippen LogP contribution in [-0.4, -0.2) is 9.78 Å². The minimum atomic E-state index is -0.0972. The topological polar surface area (TPSA) is 41.6 Å². The number of aromatic nitrogens is 2. The Bertz CT molecular complexity index is 406. The summed E-state index contributed by atoms with van der Waals surface area (Å²) in [6.07, 6.45) is 0. The lowest BCUT2D eigenvalue weighted by molar-refractivity contribution is 0.350. The van der Waals surface area contributed by atoms with E-state index in [4.69, 9.17) is 5.26 Å². The van der Waals surface area contributed by atoms with E-state index in [2.05, 4.69) is 31.9 Å². The third-order valence-corrected chi connectivity index (χ3v) is 3.26. The fraction of sp³-hybridized carbons (Fsp3) is 0.600. The molecule has 0 radical (unpaired) electrons. The molecule has 0 saturated carbocycles. The van der Waals surface area contributed by atoms with Gasteiger partial charge in [0, 0.05) is 17.1 Å². The first-order valence-corrected chi connectivity index (χ1v) is 5.78. The summed E-state index contributed by atoms with van der Waals surface area (Å²) in [4.78, 5) is 0. The number of rotatable bonds is 0. The molecule has 1 aromatic rings. The Hall–Kier alpha value is -0.950. The first-order chi connectivity index (χ1) is 6.54. The highest BCUT2D eigenvalue weighted by Crippen LogP contribution is 2.33. The third kappa shape index (κ3) is 1.32. The molecule has 0 aromatic carbocycles. The average molecular weight is 207 g/mol. The Morgan fingerprint density at radius 3 is 2.71 bits per heavy atom. The highest BCUT2D eigenvalue weighted by molar-refractivity contribution is 7.98. The van der Waals surface area contributed by atoms with Crippen molar-refractivity contribution in [2.45, 2.75) is 37.8 Å². The second kappa shape index (κ2) is 3.03. The molecule has 14 heavy (non-hydrogen) atoms. The first kappa shape index (κ1) is 9.60. The van der Waals surface area contributed by atoms with E-state index in [9.17, 15) is 0 Å². The van der Waals surface area contributed by atoms with E-state index in [-0.39, 0.29) is 5.54 Å². The smallest absolute Gasteiger partial charge is 0.143 e. The SMILES string of the molecule is CC(C)(C)n1nc2c(c1C#N)CSC2. The Labute approximate surface area is 88.1 Å². The minimum absolute atomic E-state index is 0.0972. The summed E-state index contributed by atoms with van der Waals surface area (Å²) in [7, 11) is 0. The van der Waals surface area contributed by atoms with Crippen molar-refractivity contribution >= 4 is 11.8 Å². The Morgan fingerprint density at radius 1 is 1.43 bits per heavy atom. The molecule has 3 nitrogen and oxygen atoms in total. The van der Waals surface area contributed by atoms with Crippen LogP contribution in [0.3, 0.4) is 0 Å². The molecular formula is C10H13N3S. The molecule has 1 aliphatic rings. The van der Waals surface area contributed by atoms with E-state index < -0.39 is 0 Å². The molecule has 0 unspecified atom stereocenters. The van der Waals surface area contributed by atoms with Crippen molar-refractivity contribution in [3.63, 3.8) is 0 Å². The van der Waals surface area contributed by atoms with Crippen LogP contribution in [0, 0.1) is 11.3 Å². The normalized spacial score (nSPS) is 15.3. The number of fused-ring (bicyclic) bond motifs is 1. The van der Waals surface area contributed by atoms with Gasteiger partial charge in [-0.15, -0.1) is 0 Å². The van der Waals surface area contributed by atoms with Crippen LogP contribution in [0.15, 0.2) is 0 Å². The van der Waals surface area contributed by atoms with Gasteiger partial charge in [0.2, 0.25) is 0 Å². The van der Waals surface area contributed by atoms with Crippen LogP contribution in [0.2, 0.25) is 0 Å². The van der Waals surface area contributed by atoms with E-state index in [1.807, 2.05) is 16.4 Å². The van der Waals surface area contributed by atoms with Crippen molar-refractivity contribution in [2.24, 2.45) is 0 Å². The summed E-state index contributed by atoms with van der Waals surface area (Å²) in [5, 5.41) is 13.6. The van der Waals surface area contributed by atoms with Crippen LogP contribution in [0.4, 0.5) is 0 Å². The highest BCUT2D eigenvalue weighted by Gasteiger charge is 2.27. The largest absolute Gasteiger partial charge is 0.249 e. The summed E-state index contributed by atoms with van der Waals surface area (Å²) in [5.74, 6) is 1.89. The molecule has 2 rings (SSSR count). The maximum atomic E-state index is 9.11. The lowest BCUT2D eigenvalue weighted by Crippen LogP contribution is -2.25. The van der Waals surface area contributed by atoms with Crippen molar-refractivity contribution in [2.75, 3.05) is 0 Å². The summed E-state index contributed by atoms with van der Waals surface area (Å²) >= 11 is 1.83. The van der Waals surface area contributed by atoms with Crippen LogP contribution < -0.4 is 0 Å². The lowest BCUT2D eigenvalue weighted by Gasteiger charge is -2.20. The average Bonchev–Trinajstić information content (AvgIpc) is 2.58.